The van der Waals surface area contributed by atoms with E-state index in [-0.39, 0.29) is 5.91 Å². The summed E-state index contributed by atoms with van der Waals surface area (Å²) < 4.78 is 0. The predicted octanol–water partition coefficient (Wildman–Crippen LogP) is 4.06. The first-order valence-corrected chi connectivity index (χ1v) is 8.15. The van der Waals surface area contributed by atoms with Gasteiger partial charge in [0, 0.05) is 6.54 Å². The molecule has 1 aliphatic carbocycles. The minimum atomic E-state index is -0.925. The molecule has 0 aromatic heterocycles. The number of carbonyl (C=O) groups excluding carboxylic acids is 1. The summed E-state index contributed by atoms with van der Waals surface area (Å²) in [6, 6.07) is 5.14. The van der Waals surface area contributed by atoms with Gasteiger partial charge in [-0.1, -0.05) is 40.4 Å². The molecule has 0 radical (unpaired) electrons. The van der Waals surface area contributed by atoms with E-state index in [1.807, 2.05) is 13.8 Å². The normalized spacial score (nSPS) is 21.2. The number of carbonyl (C=O) groups is 2. The van der Waals surface area contributed by atoms with Crippen LogP contribution in [-0.4, -0.2) is 17.0 Å². The second kappa shape index (κ2) is 7.37. The molecule has 6 heteroatoms. The van der Waals surface area contributed by atoms with E-state index >= 15 is 0 Å². The first-order valence-electron chi connectivity index (χ1n) is 7.39. The summed E-state index contributed by atoms with van der Waals surface area (Å²) in [6.07, 6.45) is 0.905. The van der Waals surface area contributed by atoms with Crippen LogP contribution in [0, 0.1) is 11.8 Å². The molecule has 4 nitrogen and oxygen atoms in total. The molecule has 1 aromatic carbocycles. The molecule has 0 bridgehead atoms. The third kappa shape index (κ3) is 4.27. The van der Waals surface area contributed by atoms with Gasteiger partial charge in [0.1, 0.15) is 0 Å². The molecule has 0 unspecified atom stereocenters. The fraction of sp³-hybridized carbons (Fsp3) is 0.412. The maximum atomic E-state index is 12.4. The summed E-state index contributed by atoms with van der Waals surface area (Å²) in [5.74, 6) is -2.38. The minimum absolute atomic E-state index is 0.240. The molecule has 0 heterocycles. The lowest BCUT2D eigenvalue weighted by atomic mass is 9.76. The molecule has 2 rings (SSSR count). The van der Waals surface area contributed by atoms with Crippen LogP contribution >= 0.6 is 23.2 Å². The highest BCUT2D eigenvalue weighted by molar-refractivity contribution is 6.42. The molecule has 1 aliphatic rings. The number of aliphatic carboxylic acids is 1. The van der Waals surface area contributed by atoms with E-state index in [1.165, 1.54) is 0 Å². The van der Waals surface area contributed by atoms with Gasteiger partial charge in [-0.15, -0.1) is 0 Å². The van der Waals surface area contributed by atoms with Gasteiger partial charge in [-0.05, 0) is 44.4 Å². The monoisotopic (exact) mass is 355 g/mol. The number of allylic oxidation sites excluding steroid dienone is 2. The van der Waals surface area contributed by atoms with Crippen molar-refractivity contribution in [2.45, 2.75) is 33.2 Å². The van der Waals surface area contributed by atoms with Crippen molar-refractivity contribution in [2.24, 2.45) is 11.8 Å². The van der Waals surface area contributed by atoms with Crippen LogP contribution in [0.1, 0.15) is 32.3 Å². The van der Waals surface area contributed by atoms with Crippen LogP contribution in [-0.2, 0) is 16.1 Å². The highest BCUT2D eigenvalue weighted by atomic mass is 35.5. The van der Waals surface area contributed by atoms with E-state index in [1.54, 1.807) is 18.2 Å². The van der Waals surface area contributed by atoms with Gasteiger partial charge < -0.3 is 10.4 Å². The van der Waals surface area contributed by atoms with Crippen LogP contribution < -0.4 is 5.32 Å². The average Bonchev–Trinajstić information content (AvgIpc) is 2.50. The number of nitrogens with one attached hydrogen (secondary N) is 1. The van der Waals surface area contributed by atoms with E-state index in [2.05, 4.69) is 5.32 Å². The zero-order valence-electron chi connectivity index (χ0n) is 13.0. The van der Waals surface area contributed by atoms with E-state index < -0.39 is 17.8 Å². The Morgan fingerprint density at radius 1 is 1.13 bits per heavy atom. The summed E-state index contributed by atoms with van der Waals surface area (Å²) in [6.45, 7) is 4.17. The number of hydrogen-bond acceptors (Lipinski definition) is 2. The summed E-state index contributed by atoms with van der Waals surface area (Å²) in [7, 11) is 0. The van der Waals surface area contributed by atoms with Crippen molar-refractivity contribution in [3.63, 3.8) is 0 Å². The number of hydrogen-bond donors (Lipinski definition) is 2. The Labute approximate surface area is 145 Å². The molecular weight excluding hydrogens is 337 g/mol. The topological polar surface area (TPSA) is 66.4 Å². The van der Waals surface area contributed by atoms with Gasteiger partial charge in [0.05, 0.1) is 21.9 Å². The van der Waals surface area contributed by atoms with E-state index in [9.17, 15) is 14.7 Å². The molecule has 0 saturated heterocycles. The molecule has 0 spiro atoms. The molecule has 124 valence electrons. The Morgan fingerprint density at radius 3 is 2.30 bits per heavy atom. The van der Waals surface area contributed by atoms with Crippen molar-refractivity contribution in [2.75, 3.05) is 0 Å². The highest BCUT2D eigenvalue weighted by Crippen LogP contribution is 2.34. The Bertz CT molecular complexity index is 670. The highest BCUT2D eigenvalue weighted by Gasteiger charge is 2.37. The van der Waals surface area contributed by atoms with Crippen LogP contribution in [0.25, 0.3) is 0 Å². The molecule has 1 amide bonds. The zero-order valence-corrected chi connectivity index (χ0v) is 14.5. The Morgan fingerprint density at radius 2 is 1.74 bits per heavy atom. The Hall–Kier alpha value is -1.52. The van der Waals surface area contributed by atoms with Crippen molar-refractivity contribution >= 4 is 35.1 Å². The van der Waals surface area contributed by atoms with Crippen LogP contribution in [0.3, 0.4) is 0 Å². The van der Waals surface area contributed by atoms with E-state index in [0.717, 1.165) is 16.7 Å². The fourth-order valence-corrected chi connectivity index (χ4v) is 3.12. The lowest BCUT2D eigenvalue weighted by Gasteiger charge is -2.29. The molecular formula is C17H19Cl2NO3. The molecule has 2 atom stereocenters. The first-order chi connectivity index (χ1) is 10.8. The minimum Gasteiger partial charge on any atom is -0.481 e. The third-order valence-corrected chi connectivity index (χ3v) is 5.11. The van der Waals surface area contributed by atoms with Crippen molar-refractivity contribution in [1.29, 1.82) is 0 Å². The summed E-state index contributed by atoms with van der Waals surface area (Å²) in [5, 5.41) is 13.1. The van der Waals surface area contributed by atoms with Crippen LogP contribution in [0.2, 0.25) is 10.0 Å². The van der Waals surface area contributed by atoms with Crippen LogP contribution in [0.5, 0.6) is 0 Å². The largest absolute Gasteiger partial charge is 0.481 e. The number of benzene rings is 1. The van der Waals surface area contributed by atoms with E-state index in [4.69, 9.17) is 23.2 Å². The smallest absolute Gasteiger partial charge is 0.307 e. The maximum absolute atomic E-state index is 12.4. The van der Waals surface area contributed by atoms with Crippen LogP contribution in [0.15, 0.2) is 29.3 Å². The predicted molar refractivity (Wildman–Crippen MR) is 90.5 cm³/mol. The van der Waals surface area contributed by atoms with Gasteiger partial charge in [0.15, 0.2) is 0 Å². The van der Waals surface area contributed by atoms with Crippen molar-refractivity contribution in [3.8, 4) is 0 Å². The Kier molecular flexibility index (Phi) is 5.71. The van der Waals surface area contributed by atoms with Gasteiger partial charge in [0.2, 0.25) is 5.91 Å². The maximum Gasteiger partial charge on any atom is 0.307 e. The lowest BCUT2D eigenvalue weighted by Crippen LogP contribution is -2.39. The summed E-state index contributed by atoms with van der Waals surface area (Å²) >= 11 is 11.8. The third-order valence-electron chi connectivity index (χ3n) is 4.37. The number of carboxylic acids is 1. The SMILES string of the molecule is CC1=C(C)C[C@@H](C(=O)NCc2ccc(Cl)c(Cl)c2)[C@@H](C(=O)O)C1. The first kappa shape index (κ1) is 17.8. The van der Waals surface area contributed by atoms with Crippen molar-refractivity contribution in [3.05, 3.63) is 45.0 Å². The van der Waals surface area contributed by atoms with Crippen molar-refractivity contribution in [1.82, 2.24) is 5.32 Å². The second-order valence-electron chi connectivity index (χ2n) is 5.99. The fourth-order valence-electron chi connectivity index (χ4n) is 2.80. The lowest BCUT2D eigenvalue weighted by molar-refractivity contribution is -0.147. The van der Waals surface area contributed by atoms with Gasteiger partial charge in [-0.25, -0.2) is 0 Å². The van der Waals surface area contributed by atoms with Gasteiger partial charge in [-0.2, -0.15) is 0 Å². The van der Waals surface area contributed by atoms with Gasteiger partial charge >= 0.3 is 5.97 Å². The van der Waals surface area contributed by atoms with E-state index in [0.29, 0.717) is 29.4 Å². The molecule has 0 fully saturated rings. The molecule has 0 aliphatic heterocycles. The van der Waals surface area contributed by atoms with Crippen molar-refractivity contribution < 1.29 is 14.7 Å². The molecule has 1 aromatic rings. The quantitative estimate of drug-likeness (QED) is 0.800. The number of carboxylic acid groups (broad SMARTS) is 1. The average molecular weight is 356 g/mol. The van der Waals surface area contributed by atoms with Crippen LogP contribution in [0.4, 0.5) is 0 Å². The van der Waals surface area contributed by atoms with Gasteiger partial charge in [-0.3, -0.25) is 9.59 Å². The standard InChI is InChI=1S/C17H19Cl2NO3/c1-9-5-12(13(17(22)23)6-10(9)2)16(21)20-8-11-3-4-14(18)15(19)7-11/h3-4,7,12-13H,5-6,8H2,1-2H3,(H,20,21)(H,22,23)/t12-,13+/m1/s1. The summed E-state index contributed by atoms with van der Waals surface area (Å²) in [5.41, 5.74) is 2.97. The number of halogens is 2. The Balaban J connectivity index is 2.06. The molecule has 2 N–H and O–H groups in total. The molecule has 0 saturated carbocycles. The number of rotatable bonds is 4. The zero-order chi connectivity index (χ0) is 17.1. The summed E-state index contributed by atoms with van der Waals surface area (Å²) in [4.78, 5) is 23.9. The molecule has 23 heavy (non-hydrogen) atoms. The number of amides is 1. The second-order valence-corrected chi connectivity index (χ2v) is 6.80. The van der Waals surface area contributed by atoms with Gasteiger partial charge in [0.25, 0.3) is 0 Å².